The van der Waals surface area contributed by atoms with Crippen LogP contribution in [0.1, 0.15) is 24.0 Å². The molecule has 0 aromatic heterocycles. The Morgan fingerprint density at radius 3 is 2.35 bits per heavy atom. The lowest BCUT2D eigenvalue weighted by Gasteiger charge is -2.24. The third kappa shape index (κ3) is 2.93. The number of benzene rings is 2. The van der Waals surface area contributed by atoms with Gasteiger partial charge in [-0.15, -0.1) is 0 Å². The average Bonchev–Trinajstić information content (AvgIpc) is 2.46. The molecule has 0 spiro atoms. The van der Waals surface area contributed by atoms with E-state index < -0.39 is 0 Å². The van der Waals surface area contributed by atoms with E-state index in [1.165, 1.54) is 0 Å². The van der Waals surface area contributed by atoms with E-state index in [1.807, 2.05) is 69.4 Å². The Hall–Kier alpha value is -1.61. The zero-order valence-electron chi connectivity index (χ0n) is 11.9. The molecule has 0 aliphatic rings. The van der Waals surface area contributed by atoms with Crippen molar-refractivity contribution in [3.63, 3.8) is 0 Å². The highest BCUT2D eigenvalue weighted by Crippen LogP contribution is 2.31. The highest BCUT2D eigenvalue weighted by Gasteiger charge is 2.22. The molecular formula is C17H18BrNO. The van der Waals surface area contributed by atoms with E-state index >= 15 is 0 Å². The van der Waals surface area contributed by atoms with Crippen LogP contribution in [0.5, 0.6) is 0 Å². The first-order valence-electron chi connectivity index (χ1n) is 6.60. The molecule has 0 radical (unpaired) electrons. The molecule has 2 nitrogen and oxygen atoms in total. The second-order valence-corrected chi connectivity index (χ2v) is 5.79. The van der Waals surface area contributed by atoms with Crippen molar-refractivity contribution in [2.45, 2.75) is 19.8 Å². The van der Waals surface area contributed by atoms with Gasteiger partial charge in [-0.1, -0.05) is 42.5 Å². The highest BCUT2D eigenvalue weighted by molar-refractivity contribution is 9.10. The predicted octanol–water partition coefficient (Wildman–Crippen LogP) is 4.52. The molecule has 0 saturated carbocycles. The summed E-state index contributed by atoms with van der Waals surface area (Å²) < 4.78 is 0.939. The molecule has 0 aliphatic heterocycles. The second-order valence-electron chi connectivity index (χ2n) is 4.93. The molecule has 3 heteroatoms. The first-order valence-corrected chi connectivity index (χ1v) is 7.39. The second kappa shape index (κ2) is 6.23. The maximum atomic E-state index is 12.7. The van der Waals surface area contributed by atoms with Crippen molar-refractivity contribution in [3.8, 4) is 0 Å². The van der Waals surface area contributed by atoms with Crippen molar-refractivity contribution in [3.05, 3.63) is 64.1 Å². The van der Waals surface area contributed by atoms with Gasteiger partial charge in [-0.05, 0) is 47.0 Å². The van der Waals surface area contributed by atoms with Gasteiger partial charge >= 0.3 is 0 Å². The van der Waals surface area contributed by atoms with Crippen LogP contribution in [0, 0.1) is 6.92 Å². The summed E-state index contributed by atoms with van der Waals surface area (Å²) >= 11 is 3.53. The predicted molar refractivity (Wildman–Crippen MR) is 87.1 cm³/mol. The number of rotatable bonds is 3. The number of anilines is 1. The van der Waals surface area contributed by atoms with Crippen LogP contribution in [0.15, 0.2) is 53.0 Å². The Balaban J connectivity index is 2.29. The number of halogens is 1. The van der Waals surface area contributed by atoms with Crippen molar-refractivity contribution in [2.75, 3.05) is 11.9 Å². The quantitative estimate of drug-likeness (QED) is 0.809. The number of carbonyl (C=O) groups is 1. The molecule has 0 bridgehead atoms. The molecule has 2 aromatic carbocycles. The topological polar surface area (TPSA) is 20.3 Å². The van der Waals surface area contributed by atoms with Gasteiger partial charge in [0.05, 0.1) is 11.6 Å². The van der Waals surface area contributed by atoms with Gasteiger partial charge in [-0.3, -0.25) is 4.79 Å². The van der Waals surface area contributed by atoms with E-state index in [0.717, 1.165) is 21.3 Å². The fraction of sp³-hybridized carbons (Fsp3) is 0.235. The van der Waals surface area contributed by atoms with Gasteiger partial charge in [-0.2, -0.15) is 0 Å². The monoisotopic (exact) mass is 331 g/mol. The molecule has 2 aromatic rings. The van der Waals surface area contributed by atoms with Gasteiger partial charge in [0.25, 0.3) is 0 Å². The third-order valence-electron chi connectivity index (χ3n) is 3.52. The minimum atomic E-state index is -0.160. The lowest BCUT2D eigenvalue weighted by molar-refractivity contribution is -0.119. The first-order chi connectivity index (χ1) is 9.52. The summed E-state index contributed by atoms with van der Waals surface area (Å²) in [5.41, 5.74) is 3.05. The summed E-state index contributed by atoms with van der Waals surface area (Å²) in [6.07, 6.45) is 0. The fourth-order valence-corrected chi connectivity index (χ4v) is 3.06. The van der Waals surface area contributed by atoms with Crippen molar-refractivity contribution in [1.29, 1.82) is 0 Å². The Morgan fingerprint density at radius 1 is 1.10 bits per heavy atom. The molecular weight excluding hydrogens is 314 g/mol. The van der Waals surface area contributed by atoms with Crippen molar-refractivity contribution in [1.82, 2.24) is 0 Å². The third-order valence-corrected chi connectivity index (χ3v) is 4.16. The Bertz CT molecular complexity index is 589. The molecule has 20 heavy (non-hydrogen) atoms. The molecule has 0 unspecified atom stereocenters. The molecule has 1 amide bonds. The van der Waals surface area contributed by atoms with Crippen LogP contribution >= 0.6 is 15.9 Å². The summed E-state index contributed by atoms with van der Waals surface area (Å²) in [6, 6.07) is 15.8. The van der Waals surface area contributed by atoms with Crippen LogP contribution in [0.2, 0.25) is 0 Å². The van der Waals surface area contributed by atoms with Crippen molar-refractivity contribution >= 4 is 27.5 Å². The Morgan fingerprint density at radius 2 is 1.75 bits per heavy atom. The SMILES string of the molecule is Cc1cccc(Br)c1N(C)C(=O)[C@@H](C)c1ccccc1. The molecule has 1 atom stereocenters. The van der Waals surface area contributed by atoms with Crippen LogP contribution in [0.4, 0.5) is 5.69 Å². The van der Waals surface area contributed by atoms with Gasteiger partial charge in [0, 0.05) is 11.5 Å². The number of para-hydroxylation sites is 1. The van der Waals surface area contributed by atoms with Crippen LogP contribution in [-0.4, -0.2) is 13.0 Å². The Kier molecular flexibility index (Phi) is 4.61. The molecule has 0 saturated heterocycles. The number of nitrogens with zero attached hydrogens (tertiary/aromatic N) is 1. The zero-order chi connectivity index (χ0) is 14.7. The van der Waals surface area contributed by atoms with Crippen molar-refractivity contribution < 1.29 is 4.79 Å². The van der Waals surface area contributed by atoms with E-state index in [-0.39, 0.29) is 11.8 Å². The number of amides is 1. The van der Waals surface area contributed by atoms with Gasteiger partial charge < -0.3 is 4.90 Å². The molecule has 2 rings (SSSR count). The highest BCUT2D eigenvalue weighted by atomic mass is 79.9. The average molecular weight is 332 g/mol. The van der Waals surface area contributed by atoms with Crippen LogP contribution < -0.4 is 4.90 Å². The van der Waals surface area contributed by atoms with E-state index in [9.17, 15) is 4.79 Å². The lowest BCUT2D eigenvalue weighted by Crippen LogP contribution is -2.31. The number of carbonyl (C=O) groups excluding carboxylic acids is 1. The minimum Gasteiger partial charge on any atom is -0.314 e. The van der Waals surface area contributed by atoms with Crippen molar-refractivity contribution in [2.24, 2.45) is 0 Å². The number of aryl methyl sites for hydroxylation is 1. The van der Waals surface area contributed by atoms with E-state index in [0.29, 0.717) is 0 Å². The van der Waals surface area contributed by atoms with Crippen LogP contribution in [0.3, 0.4) is 0 Å². The smallest absolute Gasteiger partial charge is 0.234 e. The number of hydrogen-bond donors (Lipinski definition) is 0. The summed E-state index contributed by atoms with van der Waals surface area (Å²) in [5.74, 6) is -0.0705. The normalized spacial score (nSPS) is 12.0. The fourth-order valence-electron chi connectivity index (χ4n) is 2.33. The van der Waals surface area contributed by atoms with Crippen LogP contribution in [0.25, 0.3) is 0 Å². The van der Waals surface area contributed by atoms with E-state index in [4.69, 9.17) is 0 Å². The van der Waals surface area contributed by atoms with Crippen LogP contribution in [-0.2, 0) is 4.79 Å². The molecule has 0 heterocycles. The molecule has 0 N–H and O–H groups in total. The molecule has 0 fully saturated rings. The van der Waals surface area contributed by atoms with Gasteiger partial charge in [-0.25, -0.2) is 0 Å². The number of likely N-dealkylation sites (N-methyl/N-ethyl adjacent to an activating group) is 1. The summed E-state index contributed by atoms with van der Waals surface area (Å²) in [7, 11) is 1.83. The van der Waals surface area contributed by atoms with E-state index in [1.54, 1.807) is 4.90 Å². The first kappa shape index (κ1) is 14.8. The largest absolute Gasteiger partial charge is 0.314 e. The lowest BCUT2D eigenvalue weighted by atomic mass is 9.99. The Labute approximate surface area is 128 Å². The summed E-state index contributed by atoms with van der Waals surface area (Å²) in [4.78, 5) is 14.4. The summed E-state index contributed by atoms with van der Waals surface area (Å²) in [5, 5.41) is 0. The van der Waals surface area contributed by atoms with Gasteiger partial charge in [0.2, 0.25) is 5.91 Å². The standard InChI is InChI=1S/C17H18BrNO/c1-12-8-7-11-15(18)16(12)19(3)17(20)13(2)14-9-5-4-6-10-14/h4-11,13H,1-3H3/t13-/m0/s1. The number of hydrogen-bond acceptors (Lipinski definition) is 1. The summed E-state index contributed by atoms with van der Waals surface area (Å²) in [6.45, 7) is 3.96. The van der Waals surface area contributed by atoms with Gasteiger partial charge in [0.15, 0.2) is 0 Å². The minimum absolute atomic E-state index is 0.0891. The maximum absolute atomic E-state index is 12.7. The van der Waals surface area contributed by atoms with E-state index in [2.05, 4.69) is 15.9 Å². The maximum Gasteiger partial charge on any atom is 0.234 e. The molecule has 0 aliphatic carbocycles. The molecule has 104 valence electrons. The zero-order valence-corrected chi connectivity index (χ0v) is 13.5. The van der Waals surface area contributed by atoms with Gasteiger partial charge in [0.1, 0.15) is 0 Å².